The summed E-state index contributed by atoms with van der Waals surface area (Å²) in [5, 5.41) is 0. The van der Waals surface area contributed by atoms with Gasteiger partial charge < -0.3 is 5.73 Å². The van der Waals surface area contributed by atoms with Gasteiger partial charge in [0.1, 0.15) is 4.60 Å². The van der Waals surface area contributed by atoms with Crippen molar-refractivity contribution in [3.8, 4) is 0 Å². The number of pyridine rings is 1. The molecule has 0 aliphatic carbocycles. The number of aryl methyl sites for hydroxylation is 1. The minimum absolute atomic E-state index is 0.0654. The highest BCUT2D eigenvalue weighted by Gasteiger charge is 2.03. The highest BCUT2D eigenvalue weighted by Crippen LogP contribution is 2.15. The fourth-order valence-corrected chi connectivity index (χ4v) is 1.42. The largest absolute Gasteiger partial charge is 0.324 e. The van der Waals surface area contributed by atoms with E-state index in [1.54, 1.807) is 0 Å². The van der Waals surface area contributed by atoms with Crippen LogP contribution in [0.4, 0.5) is 0 Å². The van der Waals surface area contributed by atoms with E-state index in [1.807, 2.05) is 26.0 Å². The van der Waals surface area contributed by atoms with Crippen molar-refractivity contribution < 1.29 is 0 Å². The summed E-state index contributed by atoms with van der Waals surface area (Å²) in [4.78, 5) is 4.23. The molecule has 0 unspecified atom stereocenters. The van der Waals surface area contributed by atoms with Gasteiger partial charge in [-0.1, -0.05) is 6.07 Å². The normalized spacial score (nSPS) is 13.1. The summed E-state index contributed by atoms with van der Waals surface area (Å²) in [6.07, 6.45) is 0. The summed E-state index contributed by atoms with van der Waals surface area (Å²) < 4.78 is 0.861. The fourth-order valence-electron chi connectivity index (χ4n) is 1.02. The van der Waals surface area contributed by atoms with Crippen LogP contribution in [-0.2, 0) is 0 Å². The molecule has 0 aliphatic rings. The summed E-state index contributed by atoms with van der Waals surface area (Å²) >= 11 is 3.29. The van der Waals surface area contributed by atoms with Gasteiger partial charge in [-0.3, -0.25) is 0 Å². The second-order valence-electron chi connectivity index (χ2n) is 2.60. The van der Waals surface area contributed by atoms with Crippen LogP contribution >= 0.6 is 15.9 Å². The topological polar surface area (TPSA) is 38.9 Å². The lowest BCUT2D eigenvalue weighted by Crippen LogP contribution is -2.07. The van der Waals surface area contributed by atoms with Gasteiger partial charge in [-0.25, -0.2) is 4.98 Å². The van der Waals surface area contributed by atoms with Crippen LogP contribution < -0.4 is 5.73 Å². The van der Waals surface area contributed by atoms with Gasteiger partial charge in [-0.15, -0.1) is 0 Å². The van der Waals surface area contributed by atoms with Crippen LogP contribution in [0.5, 0.6) is 0 Å². The average Bonchev–Trinajstić information content (AvgIpc) is 1.85. The highest BCUT2D eigenvalue weighted by molar-refractivity contribution is 9.10. The maximum absolute atomic E-state index is 5.71. The van der Waals surface area contributed by atoms with Crippen molar-refractivity contribution in [2.75, 3.05) is 0 Å². The van der Waals surface area contributed by atoms with Crippen LogP contribution in [0.15, 0.2) is 16.7 Å². The molecule has 2 N–H and O–H groups in total. The van der Waals surface area contributed by atoms with E-state index >= 15 is 0 Å². The Kier molecular flexibility index (Phi) is 2.62. The molecule has 1 aromatic heterocycles. The van der Waals surface area contributed by atoms with Crippen molar-refractivity contribution >= 4 is 15.9 Å². The fraction of sp³-hybridized carbons (Fsp3) is 0.375. The Labute approximate surface area is 75.0 Å². The Balaban J connectivity index is 3.09. The van der Waals surface area contributed by atoms with Crippen LogP contribution in [-0.4, -0.2) is 4.98 Å². The molecule has 0 saturated heterocycles. The molecule has 1 rings (SSSR count). The third-order valence-electron chi connectivity index (χ3n) is 1.58. The van der Waals surface area contributed by atoms with E-state index in [-0.39, 0.29) is 6.04 Å². The van der Waals surface area contributed by atoms with Crippen LogP contribution in [0, 0.1) is 6.92 Å². The maximum Gasteiger partial charge on any atom is 0.106 e. The molecule has 0 saturated carbocycles. The maximum atomic E-state index is 5.71. The van der Waals surface area contributed by atoms with Gasteiger partial charge >= 0.3 is 0 Å². The van der Waals surface area contributed by atoms with E-state index in [0.29, 0.717) is 0 Å². The Morgan fingerprint density at radius 1 is 1.55 bits per heavy atom. The average molecular weight is 215 g/mol. The zero-order valence-electron chi connectivity index (χ0n) is 6.63. The third kappa shape index (κ3) is 2.01. The van der Waals surface area contributed by atoms with Gasteiger partial charge in [0.25, 0.3) is 0 Å². The van der Waals surface area contributed by atoms with E-state index in [2.05, 4.69) is 20.9 Å². The van der Waals surface area contributed by atoms with Crippen LogP contribution in [0.2, 0.25) is 0 Å². The molecule has 0 radical (unpaired) electrons. The Hall–Kier alpha value is -0.410. The first kappa shape index (κ1) is 8.68. The van der Waals surface area contributed by atoms with E-state index in [1.165, 1.54) is 0 Å². The zero-order chi connectivity index (χ0) is 8.43. The Morgan fingerprint density at radius 3 is 2.64 bits per heavy atom. The number of nitrogens with zero attached hydrogens (tertiary/aromatic N) is 1. The standard InChI is InChI=1S/C8H11BrN2/c1-5(10)7-3-4-8(9)11-6(7)2/h3-5H,10H2,1-2H3/t5-/m0/s1. The number of hydrogen-bond donors (Lipinski definition) is 1. The predicted octanol–water partition coefficient (Wildman–Crippen LogP) is 2.17. The lowest BCUT2D eigenvalue weighted by Gasteiger charge is -2.07. The van der Waals surface area contributed by atoms with Gasteiger partial charge in [-0.2, -0.15) is 0 Å². The molecule has 2 nitrogen and oxygen atoms in total. The van der Waals surface area contributed by atoms with Crippen molar-refractivity contribution in [2.24, 2.45) is 5.73 Å². The molecule has 0 aromatic carbocycles. The summed E-state index contributed by atoms with van der Waals surface area (Å²) in [5.41, 5.74) is 7.81. The molecule has 0 bridgehead atoms. The predicted molar refractivity (Wildman–Crippen MR) is 49.3 cm³/mol. The van der Waals surface area contributed by atoms with Crippen molar-refractivity contribution in [1.29, 1.82) is 0 Å². The van der Waals surface area contributed by atoms with Crippen molar-refractivity contribution in [1.82, 2.24) is 4.98 Å². The summed E-state index contributed by atoms with van der Waals surface area (Å²) in [5.74, 6) is 0. The molecule has 0 fully saturated rings. The van der Waals surface area contributed by atoms with Crippen LogP contribution in [0.25, 0.3) is 0 Å². The summed E-state index contributed by atoms with van der Waals surface area (Å²) in [6.45, 7) is 3.92. The van der Waals surface area contributed by atoms with E-state index in [9.17, 15) is 0 Å². The molecule has 1 aromatic rings. The molecular formula is C8H11BrN2. The van der Waals surface area contributed by atoms with E-state index in [0.717, 1.165) is 15.9 Å². The van der Waals surface area contributed by atoms with Gasteiger partial charge in [0.05, 0.1) is 0 Å². The first-order valence-electron chi connectivity index (χ1n) is 3.50. The first-order valence-corrected chi connectivity index (χ1v) is 4.29. The molecular weight excluding hydrogens is 204 g/mol. The number of aromatic nitrogens is 1. The van der Waals surface area contributed by atoms with Gasteiger partial charge in [0.15, 0.2) is 0 Å². The number of halogens is 1. The number of nitrogens with two attached hydrogens (primary N) is 1. The highest BCUT2D eigenvalue weighted by atomic mass is 79.9. The second kappa shape index (κ2) is 3.32. The molecule has 3 heteroatoms. The lowest BCUT2D eigenvalue weighted by molar-refractivity contribution is 0.798. The third-order valence-corrected chi connectivity index (χ3v) is 2.02. The number of rotatable bonds is 1. The quantitative estimate of drug-likeness (QED) is 0.729. The molecule has 11 heavy (non-hydrogen) atoms. The minimum atomic E-state index is 0.0654. The van der Waals surface area contributed by atoms with E-state index in [4.69, 9.17) is 5.73 Å². The zero-order valence-corrected chi connectivity index (χ0v) is 8.22. The second-order valence-corrected chi connectivity index (χ2v) is 3.41. The molecule has 0 aliphatic heterocycles. The Bertz CT molecular complexity index is 258. The lowest BCUT2D eigenvalue weighted by atomic mass is 10.1. The molecule has 0 spiro atoms. The summed E-state index contributed by atoms with van der Waals surface area (Å²) in [6, 6.07) is 3.97. The number of hydrogen-bond acceptors (Lipinski definition) is 2. The van der Waals surface area contributed by atoms with Crippen molar-refractivity contribution in [3.63, 3.8) is 0 Å². The van der Waals surface area contributed by atoms with Crippen molar-refractivity contribution in [2.45, 2.75) is 19.9 Å². The van der Waals surface area contributed by atoms with Crippen molar-refractivity contribution in [3.05, 3.63) is 28.0 Å². The van der Waals surface area contributed by atoms with Gasteiger partial charge in [0, 0.05) is 11.7 Å². The van der Waals surface area contributed by atoms with Gasteiger partial charge in [-0.05, 0) is 41.4 Å². The molecule has 0 amide bonds. The molecule has 60 valence electrons. The molecule has 1 atom stereocenters. The Morgan fingerprint density at radius 2 is 2.18 bits per heavy atom. The smallest absolute Gasteiger partial charge is 0.106 e. The van der Waals surface area contributed by atoms with E-state index < -0.39 is 0 Å². The van der Waals surface area contributed by atoms with Gasteiger partial charge in [0.2, 0.25) is 0 Å². The van der Waals surface area contributed by atoms with Crippen LogP contribution in [0.3, 0.4) is 0 Å². The SMILES string of the molecule is Cc1nc(Br)ccc1[C@H](C)N. The van der Waals surface area contributed by atoms with Crippen LogP contribution in [0.1, 0.15) is 24.2 Å². The first-order chi connectivity index (χ1) is 5.11. The molecule has 1 heterocycles. The minimum Gasteiger partial charge on any atom is -0.324 e. The monoisotopic (exact) mass is 214 g/mol. The summed E-state index contributed by atoms with van der Waals surface area (Å²) in [7, 11) is 0.